The molecule has 0 unspecified atom stereocenters. The van der Waals surface area contributed by atoms with E-state index < -0.39 is 17.8 Å². The minimum Gasteiger partial charge on any atom is -0.484 e. The lowest BCUT2D eigenvalue weighted by Gasteiger charge is -2.31. The van der Waals surface area contributed by atoms with E-state index in [1.54, 1.807) is 25.1 Å². The molecule has 32 heavy (non-hydrogen) atoms. The Labute approximate surface area is 197 Å². The molecule has 2 amide bonds. The van der Waals surface area contributed by atoms with E-state index in [1.807, 2.05) is 0 Å². The summed E-state index contributed by atoms with van der Waals surface area (Å²) in [6, 6.07) is 9.85. The van der Waals surface area contributed by atoms with Crippen LogP contribution in [0.15, 0.2) is 42.5 Å². The molecule has 3 rings (SSSR count). The van der Waals surface area contributed by atoms with Crippen LogP contribution in [0.1, 0.15) is 44.6 Å². The van der Waals surface area contributed by atoms with Crippen molar-refractivity contribution in [3.8, 4) is 5.75 Å². The van der Waals surface area contributed by atoms with E-state index in [0.717, 1.165) is 25.7 Å². The molecule has 0 radical (unpaired) electrons. The van der Waals surface area contributed by atoms with Crippen LogP contribution in [0.5, 0.6) is 5.75 Å². The number of ether oxygens (including phenoxy) is 1. The van der Waals surface area contributed by atoms with Crippen molar-refractivity contribution in [1.29, 1.82) is 0 Å². The van der Waals surface area contributed by atoms with Gasteiger partial charge in [-0.25, -0.2) is 4.39 Å². The van der Waals surface area contributed by atoms with Crippen LogP contribution in [0.4, 0.5) is 4.39 Å². The summed E-state index contributed by atoms with van der Waals surface area (Å²) in [7, 11) is 0. The third kappa shape index (κ3) is 6.59. The lowest BCUT2D eigenvalue weighted by molar-refractivity contribution is -0.142. The number of carbonyl (C=O) groups is 2. The van der Waals surface area contributed by atoms with Crippen LogP contribution in [0.2, 0.25) is 10.0 Å². The molecule has 0 bridgehead atoms. The van der Waals surface area contributed by atoms with Crippen molar-refractivity contribution in [2.75, 3.05) is 6.61 Å². The van der Waals surface area contributed by atoms with E-state index in [4.69, 9.17) is 27.9 Å². The van der Waals surface area contributed by atoms with E-state index in [0.29, 0.717) is 21.4 Å². The standard InChI is InChI=1S/C24H27Cl2FN2O3/c1-16(24(31)28-18-6-3-2-4-7-18)29(14-20-21(25)8-5-9-22(20)26)23(30)15-32-19-12-10-17(27)11-13-19/h5,8-13,16,18H,2-4,6-7,14-15H2,1H3,(H,28,31)/t16-/m1/s1. The first kappa shape index (κ1) is 24.3. The van der Waals surface area contributed by atoms with Gasteiger partial charge >= 0.3 is 0 Å². The highest BCUT2D eigenvalue weighted by Gasteiger charge is 2.29. The molecule has 1 N–H and O–H groups in total. The monoisotopic (exact) mass is 480 g/mol. The van der Waals surface area contributed by atoms with Crippen molar-refractivity contribution in [2.45, 2.75) is 57.7 Å². The Balaban J connectivity index is 1.75. The molecule has 2 aromatic carbocycles. The normalized spacial score (nSPS) is 15.1. The van der Waals surface area contributed by atoms with E-state index in [1.165, 1.54) is 35.6 Å². The van der Waals surface area contributed by atoms with Crippen molar-refractivity contribution in [1.82, 2.24) is 10.2 Å². The molecule has 172 valence electrons. The van der Waals surface area contributed by atoms with Gasteiger partial charge in [-0.1, -0.05) is 48.5 Å². The number of hydrogen-bond donors (Lipinski definition) is 1. The number of halogens is 3. The minimum atomic E-state index is -0.756. The van der Waals surface area contributed by atoms with Crippen LogP contribution in [-0.2, 0) is 16.1 Å². The highest BCUT2D eigenvalue weighted by molar-refractivity contribution is 6.36. The Morgan fingerprint density at radius 3 is 2.34 bits per heavy atom. The molecule has 0 spiro atoms. The second-order valence-corrected chi connectivity index (χ2v) is 8.80. The summed E-state index contributed by atoms with van der Waals surface area (Å²) in [5.74, 6) is -0.673. The number of hydrogen-bond acceptors (Lipinski definition) is 3. The number of nitrogens with zero attached hydrogens (tertiary/aromatic N) is 1. The van der Waals surface area contributed by atoms with Gasteiger partial charge in [-0.3, -0.25) is 9.59 Å². The van der Waals surface area contributed by atoms with Crippen molar-refractivity contribution >= 4 is 35.0 Å². The van der Waals surface area contributed by atoms with Crippen LogP contribution in [0, 0.1) is 5.82 Å². The van der Waals surface area contributed by atoms with Crippen LogP contribution in [-0.4, -0.2) is 35.4 Å². The molecule has 0 aromatic heterocycles. The summed E-state index contributed by atoms with van der Waals surface area (Å²) in [5, 5.41) is 3.89. The third-order valence-corrected chi connectivity index (χ3v) is 6.39. The average Bonchev–Trinajstić information content (AvgIpc) is 2.78. The van der Waals surface area contributed by atoms with Gasteiger partial charge < -0.3 is 15.0 Å². The summed E-state index contributed by atoms with van der Waals surface area (Å²) < 4.78 is 18.6. The largest absolute Gasteiger partial charge is 0.484 e. The maximum absolute atomic E-state index is 13.1. The zero-order valence-corrected chi connectivity index (χ0v) is 19.5. The molecule has 0 saturated heterocycles. The first-order valence-electron chi connectivity index (χ1n) is 10.8. The van der Waals surface area contributed by atoms with Gasteiger partial charge in [0.15, 0.2) is 6.61 Å². The van der Waals surface area contributed by atoms with E-state index in [9.17, 15) is 14.0 Å². The molecular weight excluding hydrogens is 454 g/mol. The summed E-state index contributed by atoms with van der Waals surface area (Å²) in [5.41, 5.74) is 0.559. The van der Waals surface area contributed by atoms with E-state index in [-0.39, 0.29) is 25.1 Å². The lowest BCUT2D eigenvalue weighted by atomic mass is 9.95. The number of carbonyl (C=O) groups excluding carboxylic acids is 2. The average molecular weight is 481 g/mol. The minimum absolute atomic E-state index is 0.0589. The van der Waals surface area contributed by atoms with Crippen molar-refractivity contribution in [2.24, 2.45) is 0 Å². The fourth-order valence-corrected chi connectivity index (χ4v) is 4.28. The first-order chi connectivity index (χ1) is 15.3. The Kier molecular flexibility index (Phi) is 8.76. The highest BCUT2D eigenvalue weighted by atomic mass is 35.5. The van der Waals surface area contributed by atoms with Crippen LogP contribution in [0.25, 0.3) is 0 Å². The predicted octanol–water partition coefficient (Wildman–Crippen LogP) is 5.38. The number of nitrogens with one attached hydrogen (secondary N) is 1. The zero-order chi connectivity index (χ0) is 23.1. The van der Waals surface area contributed by atoms with Crippen molar-refractivity contribution < 1.29 is 18.7 Å². The van der Waals surface area contributed by atoms with Gasteiger partial charge in [0, 0.05) is 28.2 Å². The molecular formula is C24H27Cl2FN2O3. The second kappa shape index (κ2) is 11.5. The SMILES string of the molecule is C[C@H](C(=O)NC1CCCCC1)N(Cc1c(Cl)cccc1Cl)C(=O)COc1ccc(F)cc1. The van der Waals surface area contributed by atoms with Crippen LogP contribution in [0.3, 0.4) is 0 Å². The molecule has 5 nitrogen and oxygen atoms in total. The maximum atomic E-state index is 13.1. The Morgan fingerprint density at radius 1 is 1.09 bits per heavy atom. The second-order valence-electron chi connectivity index (χ2n) is 7.98. The van der Waals surface area contributed by atoms with Crippen molar-refractivity contribution in [3.05, 3.63) is 63.9 Å². The first-order valence-corrected chi connectivity index (χ1v) is 11.5. The third-order valence-electron chi connectivity index (χ3n) is 5.68. The van der Waals surface area contributed by atoms with Crippen LogP contribution < -0.4 is 10.1 Å². The maximum Gasteiger partial charge on any atom is 0.261 e. The summed E-state index contributed by atoms with van der Waals surface area (Å²) >= 11 is 12.6. The lowest BCUT2D eigenvalue weighted by Crippen LogP contribution is -2.51. The molecule has 1 aliphatic carbocycles. The summed E-state index contributed by atoms with van der Waals surface area (Å²) in [4.78, 5) is 27.5. The van der Waals surface area contributed by atoms with Crippen LogP contribution >= 0.6 is 23.2 Å². The fourth-order valence-electron chi connectivity index (χ4n) is 3.76. The molecule has 2 aromatic rings. The van der Waals surface area contributed by atoms with Gasteiger partial charge in [-0.15, -0.1) is 0 Å². The Morgan fingerprint density at radius 2 is 1.72 bits per heavy atom. The van der Waals surface area contributed by atoms with E-state index >= 15 is 0 Å². The van der Waals surface area contributed by atoms with Gasteiger partial charge in [0.2, 0.25) is 5.91 Å². The fraction of sp³-hybridized carbons (Fsp3) is 0.417. The Bertz CT molecular complexity index is 913. The summed E-state index contributed by atoms with van der Waals surface area (Å²) in [6.45, 7) is 1.43. The molecule has 8 heteroatoms. The number of benzene rings is 2. The van der Waals surface area contributed by atoms with Gasteiger partial charge in [0.05, 0.1) is 0 Å². The van der Waals surface area contributed by atoms with Gasteiger partial charge in [0.1, 0.15) is 17.6 Å². The molecule has 1 aliphatic rings. The number of rotatable bonds is 8. The molecule has 1 fully saturated rings. The Hall–Kier alpha value is -2.31. The predicted molar refractivity (Wildman–Crippen MR) is 123 cm³/mol. The van der Waals surface area contributed by atoms with Crippen molar-refractivity contribution in [3.63, 3.8) is 0 Å². The zero-order valence-electron chi connectivity index (χ0n) is 18.0. The molecule has 1 saturated carbocycles. The quantitative estimate of drug-likeness (QED) is 0.551. The summed E-state index contributed by atoms with van der Waals surface area (Å²) in [6.07, 6.45) is 5.23. The van der Waals surface area contributed by atoms with E-state index in [2.05, 4.69) is 5.32 Å². The van der Waals surface area contributed by atoms with Gasteiger partial charge in [-0.2, -0.15) is 0 Å². The molecule has 0 aliphatic heterocycles. The molecule has 0 heterocycles. The highest BCUT2D eigenvalue weighted by Crippen LogP contribution is 2.27. The smallest absolute Gasteiger partial charge is 0.261 e. The van der Waals surface area contributed by atoms with Gasteiger partial charge in [-0.05, 0) is 56.2 Å². The van der Waals surface area contributed by atoms with Gasteiger partial charge in [0.25, 0.3) is 5.91 Å². The number of amides is 2. The topological polar surface area (TPSA) is 58.6 Å². The molecule has 1 atom stereocenters.